The van der Waals surface area contributed by atoms with Gasteiger partial charge in [-0.25, -0.2) is 9.38 Å². The Labute approximate surface area is 180 Å². The molecule has 0 bridgehead atoms. The van der Waals surface area contributed by atoms with Gasteiger partial charge in [-0.2, -0.15) is 0 Å². The van der Waals surface area contributed by atoms with Gasteiger partial charge in [-0.1, -0.05) is 29.8 Å². The number of hydrogen-bond donors (Lipinski definition) is 0. The number of halogens is 1. The zero-order chi connectivity index (χ0) is 22.0. The lowest BCUT2D eigenvalue weighted by molar-refractivity contribution is -0.113. The minimum absolute atomic E-state index is 0.253. The van der Waals surface area contributed by atoms with Gasteiger partial charge in [-0.3, -0.25) is 9.69 Å². The number of methoxy groups -OCH3 is 2. The number of amidine groups is 1. The molecule has 6 heteroatoms. The van der Waals surface area contributed by atoms with E-state index in [1.54, 1.807) is 50.6 Å². The van der Waals surface area contributed by atoms with Crippen molar-refractivity contribution in [2.45, 2.75) is 6.92 Å². The Bertz CT molecular complexity index is 1180. The maximum absolute atomic E-state index is 13.5. The average Bonchev–Trinajstić information content (AvgIpc) is 3.11. The fourth-order valence-electron chi connectivity index (χ4n) is 3.33. The molecule has 0 aliphatic carbocycles. The lowest BCUT2D eigenvalue weighted by Gasteiger charge is -2.18. The molecule has 4 rings (SSSR count). The molecule has 0 spiro atoms. The van der Waals surface area contributed by atoms with Gasteiger partial charge in [0.2, 0.25) is 0 Å². The van der Waals surface area contributed by atoms with Crippen molar-refractivity contribution in [3.63, 3.8) is 0 Å². The van der Waals surface area contributed by atoms with Gasteiger partial charge < -0.3 is 9.47 Å². The van der Waals surface area contributed by atoms with Crippen LogP contribution in [0.1, 0.15) is 16.7 Å². The van der Waals surface area contributed by atoms with E-state index in [1.165, 1.54) is 17.0 Å². The molecule has 0 radical (unpaired) electrons. The quantitative estimate of drug-likeness (QED) is 0.551. The van der Waals surface area contributed by atoms with E-state index in [4.69, 9.17) is 9.47 Å². The molecule has 156 valence electrons. The van der Waals surface area contributed by atoms with Crippen LogP contribution < -0.4 is 14.4 Å². The van der Waals surface area contributed by atoms with Gasteiger partial charge in [-0.15, -0.1) is 0 Å². The number of amides is 1. The molecular formula is C25H21FN2O3. The van der Waals surface area contributed by atoms with Crippen LogP contribution in [0.5, 0.6) is 11.5 Å². The van der Waals surface area contributed by atoms with Gasteiger partial charge in [0.15, 0.2) is 0 Å². The second kappa shape index (κ2) is 8.44. The summed E-state index contributed by atoms with van der Waals surface area (Å²) in [5.41, 5.74) is 3.37. The predicted molar refractivity (Wildman–Crippen MR) is 119 cm³/mol. The number of ether oxygens (including phenoxy) is 2. The number of carbonyl (C=O) groups is 1. The van der Waals surface area contributed by atoms with Crippen molar-refractivity contribution in [3.05, 3.63) is 94.9 Å². The molecule has 1 aliphatic rings. The molecule has 31 heavy (non-hydrogen) atoms. The molecule has 1 amide bonds. The van der Waals surface area contributed by atoms with Crippen LogP contribution >= 0.6 is 0 Å². The molecule has 5 nitrogen and oxygen atoms in total. The van der Waals surface area contributed by atoms with Crippen molar-refractivity contribution in [3.8, 4) is 11.5 Å². The van der Waals surface area contributed by atoms with Crippen molar-refractivity contribution >= 4 is 23.5 Å². The monoisotopic (exact) mass is 416 g/mol. The summed E-state index contributed by atoms with van der Waals surface area (Å²) in [6, 6.07) is 18.8. The molecule has 0 saturated carbocycles. The van der Waals surface area contributed by atoms with Crippen LogP contribution in [-0.4, -0.2) is 26.0 Å². The van der Waals surface area contributed by atoms with Gasteiger partial charge in [-0.05, 0) is 49.4 Å². The maximum Gasteiger partial charge on any atom is 0.282 e. The van der Waals surface area contributed by atoms with Crippen LogP contribution in [0.3, 0.4) is 0 Å². The van der Waals surface area contributed by atoms with Crippen molar-refractivity contribution in [2.75, 3.05) is 19.1 Å². The molecule has 0 saturated heterocycles. The standard InChI is InChI=1S/C25H21FN2O3/c1-16-4-6-17(7-5-16)24-27-22(14-18-8-13-21(30-2)15-23(18)31-3)25(29)28(24)20-11-9-19(26)10-12-20/h4-15H,1-3H3/b22-14+. The zero-order valence-electron chi connectivity index (χ0n) is 17.4. The third-order valence-electron chi connectivity index (χ3n) is 4.99. The smallest absolute Gasteiger partial charge is 0.282 e. The summed E-state index contributed by atoms with van der Waals surface area (Å²) in [7, 11) is 3.13. The number of rotatable bonds is 5. The van der Waals surface area contributed by atoms with Crippen LogP contribution in [0.25, 0.3) is 6.08 Å². The molecule has 1 heterocycles. The van der Waals surface area contributed by atoms with Gasteiger partial charge in [0.25, 0.3) is 5.91 Å². The Morgan fingerprint density at radius 3 is 2.29 bits per heavy atom. The van der Waals surface area contributed by atoms with Crippen LogP contribution in [0.4, 0.5) is 10.1 Å². The van der Waals surface area contributed by atoms with E-state index in [0.717, 1.165) is 11.1 Å². The first kappa shape index (κ1) is 20.3. The van der Waals surface area contributed by atoms with Gasteiger partial charge >= 0.3 is 0 Å². The highest BCUT2D eigenvalue weighted by molar-refractivity contribution is 6.33. The second-order valence-corrected chi connectivity index (χ2v) is 7.06. The minimum atomic E-state index is -0.372. The molecule has 0 N–H and O–H groups in total. The highest BCUT2D eigenvalue weighted by Crippen LogP contribution is 2.31. The highest BCUT2D eigenvalue weighted by atomic mass is 19.1. The van der Waals surface area contributed by atoms with Crippen LogP contribution in [-0.2, 0) is 4.79 Å². The number of carbonyl (C=O) groups excluding carboxylic acids is 1. The van der Waals surface area contributed by atoms with E-state index < -0.39 is 0 Å². The Morgan fingerprint density at radius 1 is 0.935 bits per heavy atom. The summed E-state index contributed by atoms with van der Waals surface area (Å²) in [5, 5.41) is 0. The van der Waals surface area contributed by atoms with E-state index in [0.29, 0.717) is 28.6 Å². The maximum atomic E-state index is 13.5. The third kappa shape index (κ3) is 4.05. The van der Waals surface area contributed by atoms with E-state index in [2.05, 4.69) is 4.99 Å². The number of aliphatic imine (C=N–C) groups is 1. The van der Waals surface area contributed by atoms with Crippen LogP contribution in [0, 0.1) is 12.7 Å². The van der Waals surface area contributed by atoms with Crippen molar-refractivity contribution in [1.82, 2.24) is 0 Å². The molecule has 0 fully saturated rings. The molecular weight excluding hydrogens is 395 g/mol. The summed E-state index contributed by atoms with van der Waals surface area (Å²) >= 11 is 0. The average molecular weight is 416 g/mol. The van der Waals surface area contributed by atoms with Gasteiger partial charge in [0.1, 0.15) is 28.8 Å². The first-order valence-electron chi connectivity index (χ1n) is 9.69. The Kier molecular flexibility index (Phi) is 5.54. The number of benzene rings is 3. The molecule has 0 unspecified atom stereocenters. The van der Waals surface area contributed by atoms with E-state index in [1.807, 2.05) is 31.2 Å². The van der Waals surface area contributed by atoms with E-state index in [-0.39, 0.29) is 17.4 Å². The summed E-state index contributed by atoms with van der Waals surface area (Å²) in [6.45, 7) is 1.99. The van der Waals surface area contributed by atoms with Crippen molar-refractivity contribution in [1.29, 1.82) is 0 Å². The third-order valence-corrected chi connectivity index (χ3v) is 4.99. The summed E-state index contributed by atoms with van der Waals surface area (Å²) in [5.74, 6) is 1.01. The normalized spacial score (nSPS) is 14.7. The zero-order valence-corrected chi connectivity index (χ0v) is 17.4. The fraction of sp³-hybridized carbons (Fsp3) is 0.120. The number of aryl methyl sites for hydroxylation is 1. The van der Waals surface area contributed by atoms with Crippen LogP contribution in [0.2, 0.25) is 0 Å². The Morgan fingerprint density at radius 2 is 1.65 bits per heavy atom. The topological polar surface area (TPSA) is 51.1 Å². The van der Waals surface area contributed by atoms with Crippen molar-refractivity contribution in [2.24, 2.45) is 4.99 Å². The molecule has 1 aliphatic heterocycles. The largest absolute Gasteiger partial charge is 0.497 e. The molecule has 0 atom stereocenters. The first-order valence-corrected chi connectivity index (χ1v) is 9.69. The lowest BCUT2D eigenvalue weighted by atomic mass is 10.1. The summed E-state index contributed by atoms with van der Waals surface area (Å²) in [6.07, 6.45) is 1.68. The molecule has 3 aromatic rings. The fourth-order valence-corrected chi connectivity index (χ4v) is 3.33. The van der Waals surface area contributed by atoms with Crippen LogP contribution in [0.15, 0.2) is 77.4 Å². The predicted octanol–water partition coefficient (Wildman–Crippen LogP) is 4.99. The molecule has 3 aromatic carbocycles. The van der Waals surface area contributed by atoms with E-state index >= 15 is 0 Å². The van der Waals surface area contributed by atoms with Gasteiger partial charge in [0, 0.05) is 17.2 Å². The molecule has 0 aromatic heterocycles. The number of nitrogens with zero attached hydrogens (tertiary/aromatic N) is 2. The first-order chi connectivity index (χ1) is 15.0. The number of anilines is 1. The van der Waals surface area contributed by atoms with Crippen molar-refractivity contribution < 1.29 is 18.7 Å². The second-order valence-electron chi connectivity index (χ2n) is 7.06. The Hall–Kier alpha value is -3.93. The lowest BCUT2D eigenvalue weighted by Crippen LogP contribution is -2.32. The number of hydrogen-bond acceptors (Lipinski definition) is 4. The van der Waals surface area contributed by atoms with Gasteiger partial charge in [0.05, 0.1) is 19.9 Å². The summed E-state index contributed by atoms with van der Waals surface area (Å²) < 4.78 is 24.2. The van der Waals surface area contributed by atoms with E-state index in [9.17, 15) is 9.18 Å². The Balaban J connectivity index is 1.82. The minimum Gasteiger partial charge on any atom is -0.497 e. The highest BCUT2D eigenvalue weighted by Gasteiger charge is 2.32. The SMILES string of the molecule is COc1ccc(/C=C2/N=C(c3ccc(C)cc3)N(c3ccc(F)cc3)C2=O)c(OC)c1. The summed E-state index contributed by atoms with van der Waals surface area (Å²) in [4.78, 5) is 19.5.